The third kappa shape index (κ3) is 5.80. The van der Waals surface area contributed by atoms with Crippen LogP contribution in [0.5, 0.6) is 5.75 Å². The zero-order chi connectivity index (χ0) is 19.9. The Morgan fingerprint density at radius 2 is 1.63 bits per heavy atom. The van der Waals surface area contributed by atoms with Gasteiger partial charge in [-0.05, 0) is 17.7 Å². The van der Waals surface area contributed by atoms with Gasteiger partial charge >= 0.3 is 24.3 Å². The third-order valence-corrected chi connectivity index (χ3v) is 3.02. The highest BCUT2D eigenvalue weighted by Crippen LogP contribution is 2.32. The van der Waals surface area contributed by atoms with Gasteiger partial charge in [0.15, 0.2) is 0 Å². The van der Waals surface area contributed by atoms with Crippen LogP contribution in [0.2, 0.25) is 0 Å². The number of hydrogen-bond acceptors (Lipinski definition) is 4. The number of carbonyl (C=O) groups is 2. The molecule has 0 aliphatic heterocycles. The summed E-state index contributed by atoms with van der Waals surface area (Å²) < 4.78 is 54.6. The topological polar surface area (TPSA) is 79.8 Å². The van der Waals surface area contributed by atoms with Crippen LogP contribution in [0.3, 0.4) is 0 Å². The Bertz CT molecular complexity index is 829. The van der Waals surface area contributed by atoms with Crippen LogP contribution >= 0.6 is 0 Å². The lowest BCUT2D eigenvalue weighted by molar-refractivity contribution is -0.252. The van der Waals surface area contributed by atoms with E-state index in [1.165, 1.54) is 18.3 Å². The van der Waals surface area contributed by atoms with Crippen molar-refractivity contribution < 1.29 is 31.9 Å². The van der Waals surface area contributed by atoms with Crippen molar-refractivity contribution in [2.75, 3.05) is 5.32 Å². The zero-order valence-electron chi connectivity index (χ0n) is 13.5. The minimum atomic E-state index is -4.76. The fraction of sp³-hybridized carbons (Fsp3) is 0.118. The lowest BCUT2D eigenvalue weighted by atomic mass is 10.2. The number of amides is 2. The van der Waals surface area contributed by atoms with E-state index < -0.39 is 30.1 Å². The first-order chi connectivity index (χ1) is 12.8. The molecule has 0 spiro atoms. The highest BCUT2D eigenvalue weighted by Gasteiger charge is 2.44. The number of hydrogen-bond donors (Lipinski definition) is 2. The summed E-state index contributed by atoms with van der Waals surface area (Å²) in [6.45, 7) is 0. The molecule has 0 aliphatic rings. The molecule has 0 saturated carbocycles. The van der Waals surface area contributed by atoms with Crippen LogP contribution in [0.1, 0.15) is 5.56 Å². The standard InChI is InChI=1S/C17H13F4N3O3/c18-16(19)17(20,21)27-13-9-5-4-8-12(13)23-14(25)15(26)24-22-10-11-6-2-1-3-7-11/h1-10,16H,(H,23,25)(H,24,26). The summed E-state index contributed by atoms with van der Waals surface area (Å²) in [6.07, 6.45) is -7.55. The predicted molar refractivity (Wildman–Crippen MR) is 88.8 cm³/mol. The maximum Gasteiger partial charge on any atom is 0.461 e. The van der Waals surface area contributed by atoms with Crippen molar-refractivity contribution in [3.8, 4) is 5.75 Å². The molecular weight excluding hydrogens is 370 g/mol. The average Bonchev–Trinajstić information content (AvgIpc) is 2.63. The maximum atomic E-state index is 13.1. The van der Waals surface area contributed by atoms with E-state index in [0.29, 0.717) is 5.56 Å². The fourth-order valence-corrected chi connectivity index (χ4v) is 1.78. The normalized spacial score (nSPS) is 11.4. The molecule has 0 fully saturated rings. The number of halogens is 4. The number of hydrazone groups is 1. The summed E-state index contributed by atoms with van der Waals surface area (Å²) >= 11 is 0. The number of para-hydroxylation sites is 2. The van der Waals surface area contributed by atoms with E-state index in [9.17, 15) is 27.2 Å². The minimum absolute atomic E-state index is 0.384. The van der Waals surface area contributed by atoms with E-state index in [1.807, 2.05) is 10.7 Å². The first-order valence-electron chi connectivity index (χ1n) is 7.43. The van der Waals surface area contributed by atoms with Gasteiger partial charge < -0.3 is 10.1 Å². The smallest absolute Gasteiger partial charge is 0.426 e. The molecule has 0 atom stereocenters. The lowest BCUT2D eigenvalue weighted by Crippen LogP contribution is -2.35. The number of nitrogens with zero attached hydrogens (tertiary/aromatic N) is 1. The van der Waals surface area contributed by atoms with Crippen LogP contribution in [0, 0.1) is 0 Å². The quantitative estimate of drug-likeness (QED) is 0.348. The fourth-order valence-electron chi connectivity index (χ4n) is 1.78. The molecule has 0 heterocycles. The Morgan fingerprint density at radius 1 is 1.00 bits per heavy atom. The third-order valence-electron chi connectivity index (χ3n) is 3.02. The molecule has 2 aromatic carbocycles. The van der Waals surface area contributed by atoms with Crippen LogP contribution in [0.15, 0.2) is 59.7 Å². The first-order valence-corrected chi connectivity index (χ1v) is 7.43. The van der Waals surface area contributed by atoms with Crippen molar-refractivity contribution in [1.82, 2.24) is 5.43 Å². The molecule has 2 amide bonds. The second-order valence-corrected chi connectivity index (χ2v) is 5.02. The number of nitrogens with one attached hydrogen (secondary N) is 2. The van der Waals surface area contributed by atoms with Gasteiger partial charge in [-0.2, -0.15) is 22.7 Å². The number of anilines is 1. The van der Waals surface area contributed by atoms with E-state index in [4.69, 9.17) is 0 Å². The van der Waals surface area contributed by atoms with Crippen LogP contribution in [0.4, 0.5) is 23.2 Å². The largest absolute Gasteiger partial charge is 0.461 e. The van der Waals surface area contributed by atoms with Crippen molar-refractivity contribution in [3.63, 3.8) is 0 Å². The highest BCUT2D eigenvalue weighted by atomic mass is 19.3. The SMILES string of the molecule is O=C(NN=Cc1ccccc1)C(=O)Nc1ccccc1OC(F)(F)C(F)F. The number of ether oxygens (including phenoxy) is 1. The Morgan fingerprint density at radius 3 is 2.30 bits per heavy atom. The molecule has 2 N–H and O–H groups in total. The summed E-state index contributed by atoms with van der Waals surface area (Å²) in [6, 6.07) is 13.3. The molecule has 142 valence electrons. The van der Waals surface area contributed by atoms with Gasteiger partial charge in [0.1, 0.15) is 5.75 Å². The molecule has 27 heavy (non-hydrogen) atoms. The lowest BCUT2D eigenvalue weighted by Gasteiger charge is -2.19. The van der Waals surface area contributed by atoms with Crippen molar-refractivity contribution in [2.24, 2.45) is 5.10 Å². The molecule has 0 radical (unpaired) electrons. The molecule has 2 aromatic rings. The van der Waals surface area contributed by atoms with Crippen LogP contribution < -0.4 is 15.5 Å². The Balaban J connectivity index is 2.01. The van der Waals surface area contributed by atoms with Crippen molar-refractivity contribution >= 4 is 23.7 Å². The Hall–Kier alpha value is -3.43. The number of carbonyl (C=O) groups excluding carboxylic acids is 2. The van der Waals surface area contributed by atoms with E-state index in [0.717, 1.165) is 12.1 Å². The molecule has 0 unspecified atom stereocenters. The van der Waals surface area contributed by atoms with Gasteiger partial charge in [0, 0.05) is 0 Å². The molecule has 0 bridgehead atoms. The van der Waals surface area contributed by atoms with E-state index >= 15 is 0 Å². The molecule has 2 rings (SSSR count). The van der Waals surface area contributed by atoms with Gasteiger partial charge in [0.05, 0.1) is 11.9 Å². The highest BCUT2D eigenvalue weighted by molar-refractivity contribution is 6.39. The summed E-state index contributed by atoms with van der Waals surface area (Å²) in [5, 5.41) is 5.57. The minimum Gasteiger partial charge on any atom is -0.426 e. The van der Waals surface area contributed by atoms with E-state index in [1.54, 1.807) is 30.3 Å². The molecule has 6 nitrogen and oxygen atoms in total. The van der Waals surface area contributed by atoms with E-state index in [2.05, 4.69) is 9.84 Å². The van der Waals surface area contributed by atoms with Gasteiger partial charge in [-0.25, -0.2) is 5.43 Å². The van der Waals surface area contributed by atoms with Gasteiger partial charge in [0.25, 0.3) is 0 Å². The zero-order valence-corrected chi connectivity index (χ0v) is 13.5. The molecular formula is C17H13F4N3O3. The molecule has 0 saturated heterocycles. The van der Waals surface area contributed by atoms with Crippen LogP contribution in [0.25, 0.3) is 0 Å². The van der Waals surface area contributed by atoms with Gasteiger partial charge in [-0.1, -0.05) is 42.5 Å². The number of benzene rings is 2. The van der Waals surface area contributed by atoms with Crippen molar-refractivity contribution in [3.05, 3.63) is 60.2 Å². The summed E-state index contributed by atoms with van der Waals surface area (Å²) in [5.74, 6) is -3.18. The average molecular weight is 383 g/mol. The second kappa shape index (κ2) is 8.79. The van der Waals surface area contributed by atoms with Crippen LogP contribution in [-0.2, 0) is 9.59 Å². The number of alkyl halides is 4. The van der Waals surface area contributed by atoms with Gasteiger partial charge in [-0.3, -0.25) is 9.59 Å². The van der Waals surface area contributed by atoms with Gasteiger partial charge in [0.2, 0.25) is 0 Å². The second-order valence-electron chi connectivity index (χ2n) is 5.02. The maximum absolute atomic E-state index is 13.1. The predicted octanol–water partition coefficient (Wildman–Crippen LogP) is 3.01. The van der Waals surface area contributed by atoms with Crippen molar-refractivity contribution in [2.45, 2.75) is 12.5 Å². The number of rotatable bonds is 6. The molecule has 0 aromatic heterocycles. The molecule has 0 aliphatic carbocycles. The van der Waals surface area contributed by atoms with Crippen molar-refractivity contribution in [1.29, 1.82) is 0 Å². The van der Waals surface area contributed by atoms with Gasteiger partial charge in [-0.15, -0.1) is 0 Å². The summed E-state index contributed by atoms with van der Waals surface area (Å²) in [4.78, 5) is 23.5. The molecule has 10 heteroatoms. The summed E-state index contributed by atoms with van der Waals surface area (Å²) in [7, 11) is 0. The monoisotopic (exact) mass is 383 g/mol. The Labute approximate surface area is 150 Å². The van der Waals surface area contributed by atoms with E-state index in [-0.39, 0.29) is 5.69 Å². The summed E-state index contributed by atoms with van der Waals surface area (Å²) in [5.41, 5.74) is 2.22. The van der Waals surface area contributed by atoms with Crippen LogP contribution in [-0.4, -0.2) is 30.6 Å². The Kier molecular flexibility index (Phi) is 6.47. The first kappa shape index (κ1) is 19.9.